The SMILES string of the molecule is Cc1cncc(COC(=O)NCc2ccc(-c3noc(C(F)(F)F)n3)cc2)c1. The van der Waals surface area contributed by atoms with Gasteiger partial charge in [0, 0.05) is 30.1 Å². The van der Waals surface area contributed by atoms with Crippen molar-refractivity contribution in [3.63, 3.8) is 0 Å². The molecule has 0 spiro atoms. The van der Waals surface area contributed by atoms with Crippen LogP contribution < -0.4 is 5.32 Å². The first-order valence-electron chi connectivity index (χ1n) is 8.12. The molecule has 0 unspecified atom stereocenters. The van der Waals surface area contributed by atoms with Gasteiger partial charge in [-0.15, -0.1) is 0 Å². The fourth-order valence-corrected chi connectivity index (χ4v) is 2.30. The second-order valence-electron chi connectivity index (χ2n) is 5.92. The molecule has 3 rings (SSSR count). The highest BCUT2D eigenvalue weighted by atomic mass is 19.4. The molecule has 1 amide bonds. The van der Waals surface area contributed by atoms with E-state index in [9.17, 15) is 18.0 Å². The van der Waals surface area contributed by atoms with Crippen molar-refractivity contribution < 1.29 is 27.2 Å². The molecule has 0 aliphatic rings. The number of aromatic nitrogens is 3. The maximum atomic E-state index is 12.5. The van der Waals surface area contributed by atoms with E-state index in [1.54, 1.807) is 24.5 Å². The number of pyridine rings is 1. The van der Waals surface area contributed by atoms with Crippen LogP contribution in [-0.2, 0) is 24.1 Å². The second-order valence-corrected chi connectivity index (χ2v) is 5.92. The number of hydrogen-bond acceptors (Lipinski definition) is 6. The minimum absolute atomic E-state index is 0.0960. The average molecular weight is 392 g/mol. The van der Waals surface area contributed by atoms with E-state index >= 15 is 0 Å². The Morgan fingerprint density at radius 2 is 1.93 bits per heavy atom. The summed E-state index contributed by atoms with van der Waals surface area (Å²) >= 11 is 0. The van der Waals surface area contributed by atoms with Crippen LogP contribution in [0.2, 0.25) is 0 Å². The normalized spacial score (nSPS) is 11.3. The number of carbonyl (C=O) groups is 1. The Morgan fingerprint density at radius 1 is 1.18 bits per heavy atom. The summed E-state index contributed by atoms with van der Waals surface area (Å²) in [6, 6.07) is 8.19. The van der Waals surface area contributed by atoms with Crippen molar-refractivity contribution in [2.24, 2.45) is 0 Å². The summed E-state index contributed by atoms with van der Waals surface area (Å²) in [5, 5.41) is 5.90. The van der Waals surface area contributed by atoms with Gasteiger partial charge in [0.25, 0.3) is 0 Å². The number of carbonyl (C=O) groups excluding carboxylic acids is 1. The molecular formula is C18H15F3N4O3. The highest BCUT2D eigenvalue weighted by Gasteiger charge is 2.38. The van der Waals surface area contributed by atoms with Gasteiger partial charge in [-0.05, 0) is 24.1 Å². The molecule has 7 nitrogen and oxygen atoms in total. The molecule has 0 saturated carbocycles. The third-order valence-electron chi connectivity index (χ3n) is 3.62. The van der Waals surface area contributed by atoms with Gasteiger partial charge in [0.1, 0.15) is 6.61 Å². The number of ether oxygens (including phenoxy) is 1. The maximum absolute atomic E-state index is 12.5. The minimum atomic E-state index is -4.69. The molecule has 0 radical (unpaired) electrons. The van der Waals surface area contributed by atoms with Gasteiger partial charge in [-0.1, -0.05) is 29.4 Å². The highest BCUT2D eigenvalue weighted by molar-refractivity contribution is 5.67. The van der Waals surface area contributed by atoms with E-state index in [1.807, 2.05) is 13.0 Å². The molecule has 1 aromatic carbocycles. The topological polar surface area (TPSA) is 90.1 Å². The van der Waals surface area contributed by atoms with Gasteiger partial charge in [0.2, 0.25) is 5.82 Å². The smallest absolute Gasteiger partial charge is 0.445 e. The van der Waals surface area contributed by atoms with Gasteiger partial charge >= 0.3 is 18.2 Å². The van der Waals surface area contributed by atoms with Gasteiger partial charge in [0.05, 0.1) is 0 Å². The largest absolute Gasteiger partial charge is 0.471 e. The van der Waals surface area contributed by atoms with Crippen molar-refractivity contribution in [1.82, 2.24) is 20.4 Å². The third kappa shape index (κ3) is 5.06. The molecule has 2 heterocycles. The third-order valence-corrected chi connectivity index (χ3v) is 3.62. The average Bonchev–Trinajstić information content (AvgIpc) is 3.16. The van der Waals surface area contributed by atoms with Crippen LogP contribution in [0.25, 0.3) is 11.4 Å². The quantitative estimate of drug-likeness (QED) is 0.709. The zero-order valence-electron chi connectivity index (χ0n) is 14.7. The molecule has 0 saturated heterocycles. The summed E-state index contributed by atoms with van der Waals surface area (Å²) in [5.41, 5.74) is 2.82. The van der Waals surface area contributed by atoms with Crippen LogP contribution in [0.4, 0.5) is 18.0 Å². The van der Waals surface area contributed by atoms with Crippen molar-refractivity contribution in [2.75, 3.05) is 0 Å². The Labute approximate surface area is 157 Å². The van der Waals surface area contributed by atoms with E-state index in [4.69, 9.17) is 4.74 Å². The Bertz CT molecular complexity index is 955. The van der Waals surface area contributed by atoms with E-state index < -0.39 is 18.2 Å². The first-order valence-corrected chi connectivity index (χ1v) is 8.12. The van der Waals surface area contributed by atoms with Gasteiger partial charge < -0.3 is 14.6 Å². The molecule has 28 heavy (non-hydrogen) atoms. The molecule has 3 aromatic rings. The summed E-state index contributed by atoms with van der Waals surface area (Å²) in [4.78, 5) is 19.1. The van der Waals surface area contributed by atoms with Gasteiger partial charge in [-0.2, -0.15) is 18.2 Å². The molecule has 0 bridgehead atoms. The van der Waals surface area contributed by atoms with Crippen molar-refractivity contribution in [3.05, 3.63) is 65.3 Å². The van der Waals surface area contributed by atoms with Crippen molar-refractivity contribution in [1.29, 1.82) is 0 Å². The van der Waals surface area contributed by atoms with E-state index in [0.29, 0.717) is 5.56 Å². The van der Waals surface area contributed by atoms with Crippen molar-refractivity contribution in [3.8, 4) is 11.4 Å². The number of amides is 1. The van der Waals surface area contributed by atoms with E-state index in [2.05, 4.69) is 25.0 Å². The first kappa shape index (κ1) is 19.3. The number of nitrogens with one attached hydrogen (secondary N) is 1. The van der Waals surface area contributed by atoms with Gasteiger partial charge in [-0.3, -0.25) is 4.98 Å². The van der Waals surface area contributed by atoms with E-state index in [0.717, 1.165) is 16.7 Å². The predicted molar refractivity (Wildman–Crippen MR) is 90.7 cm³/mol. The number of benzene rings is 1. The van der Waals surface area contributed by atoms with Crippen LogP contribution >= 0.6 is 0 Å². The predicted octanol–water partition coefficient (Wildman–Crippen LogP) is 3.89. The number of alkyl carbamates (subject to hydrolysis) is 1. The Hall–Kier alpha value is -3.43. The molecule has 0 aliphatic carbocycles. The number of aryl methyl sites for hydroxylation is 1. The number of hydrogen-bond donors (Lipinski definition) is 1. The van der Waals surface area contributed by atoms with Crippen molar-refractivity contribution >= 4 is 6.09 Å². The Morgan fingerprint density at radius 3 is 2.57 bits per heavy atom. The van der Waals surface area contributed by atoms with Crippen LogP contribution in [0.5, 0.6) is 0 Å². The summed E-state index contributed by atoms with van der Waals surface area (Å²) in [6.45, 7) is 2.17. The van der Waals surface area contributed by atoms with Crippen molar-refractivity contribution in [2.45, 2.75) is 26.3 Å². The summed E-state index contributed by atoms with van der Waals surface area (Å²) in [5.74, 6) is -1.57. The molecule has 0 fully saturated rings. The highest BCUT2D eigenvalue weighted by Crippen LogP contribution is 2.29. The molecule has 2 aromatic heterocycles. The van der Waals surface area contributed by atoms with Crippen LogP contribution in [0.1, 0.15) is 22.6 Å². The fraction of sp³-hybridized carbons (Fsp3) is 0.222. The Kier molecular flexibility index (Phi) is 5.57. The minimum Gasteiger partial charge on any atom is -0.445 e. The van der Waals surface area contributed by atoms with E-state index in [-0.39, 0.29) is 19.0 Å². The van der Waals surface area contributed by atoms with Crippen LogP contribution in [0.15, 0.2) is 47.2 Å². The summed E-state index contributed by atoms with van der Waals surface area (Å²) in [7, 11) is 0. The van der Waals surface area contributed by atoms with Gasteiger partial charge in [-0.25, -0.2) is 4.79 Å². The second kappa shape index (κ2) is 8.07. The molecule has 146 valence electrons. The lowest BCUT2D eigenvalue weighted by Gasteiger charge is -2.07. The summed E-state index contributed by atoms with van der Waals surface area (Å²) < 4.78 is 46.8. The Balaban J connectivity index is 1.51. The zero-order valence-corrected chi connectivity index (χ0v) is 14.7. The van der Waals surface area contributed by atoms with Gasteiger partial charge in [0.15, 0.2) is 0 Å². The fourth-order valence-electron chi connectivity index (χ4n) is 2.30. The number of halogens is 3. The molecule has 10 heteroatoms. The number of alkyl halides is 3. The number of rotatable bonds is 5. The van der Waals surface area contributed by atoms with E-state index in [1.165, 1.54) is 12.1 Å². The molecule has 0 aliphatic heterocycles. The first-order chi connectivity index (χ1) is 13.3. The number of nitrogens with zero attached hydrogens (tertiary/aromatic N) is 3. The lowest BCUT2D eigenvalue weighted by Crippen LogP contribution is -2.23. The van der Waals surface area contributed by atoms with Crippen LogP contribution in [0.3, 0.4) is 0 Å². The standard InChI is InChI=1S/C18H15F3N4O3/c1-11-6-13(8-22-7-11)10-27-17(26)23-9-12-2-4-14(5-3-12)15-24-16(28-25-15)18(19,20)21/h2-8H,9-10H2,1H3,(H,23,26). The zero-order chi connectivity index (χ0) is 20.1. The maximum Gasteiger partial charge on any atom is 0.471 e. The van der Waals surface area contributed by atoms with Crippen LogP contribution in [0, 0.1) is 6.92 Å². The molecule has 1 N–H and O–H groups in total. The lowest BCUT2D eigenvalue weighted by molar-refractivity contribution is -0.159. The lowest BCUT2D eigenvalue weighted by atomic mass is 10.1. The summed E-state index contributed by atoms with van der Waals surface area (Å²) in [6.07, 6.45) is -1.98. The molecular weight excluding hydrogens is 377 g/mol. The monoisotopic (exact) mass is 392 g/mol. The van der Waals surface area contributed by atoms with Crippen LogP contribution in [-0.4, -0.2) is 21.2 Å². The molecule has 0 atom stereocenters.